The van der Waals surface area contributed by atoms with E-state index in [1.165, 1.54) is 23.5 Å². The van der Waals surface area contributed by atoms with Gasteiger partial charge in [-0.3, -0.25) is 14.7 Å². The lowest BCUT2D eigenvalue weighted by Crippen LogP contribution is -2.30. The van der Waals surface area contributed by atoms with Gasteiger partial charge in [0.15, 0.2) is 15.0 Å². The third-order valence-corrected chi connectivity index (χ3v) is 7.25. The van der Waals surface area contributed by atoms with E-state index in [2.05, 4.69) is 24.9 Å². The average Bonchev–Trinajstić information content (AvgIpc) is 3.21. The number of nitrogens with zero attached hydrogens (tertiary/aromatic N) is 3. The maximum atomic E-state index is 13.6. The summed E-state index contributed by atoms with van der Waals surface area (Å²) in [6.07, 6.45) is 2.81. The molecule has 6 nitrogen and oxygen atoms in total. The van der Waals surface area contributed by atoms with Crippen molar-refractivity contribution in [3.05, 3.63) is 83.7 Å². The van der Waals surface area contributed by atoms with Crippen LogP contribution in [0.4, 0.5) is 5.13 Å². The Balaban J connectivity index is 1.82. The standard InChI is InChI=1S/C24H23N3O3S2/c1-16(2)20-11-7-12-21-22(20)26-24(31-21)27(15-18-9-4-5-13-25-18)23(28)17-8-6-10-19(14-17)32(3,29)30/h4-14,16H,15H2,1-3H3. The van der Waals surface area contributed by atoms with Crippen molar-refractivity contribution in [3.8, 4) is 0 Å². The number of amides is 1. The molecule has 0 radical (unpaired) electrons. The predicted molar refractivity (Wildman–Crippen MR) is 128 cm³/mol. The summed E-state index contributed by atoms with van der Waals surface area (Å²) in [4.78, 5) is 24.5. The molecule has 0 N–H and O–H groups in total. The van der Waals surface area contributed by atoms with Crippen LogP contribution in [0.2, 0.25) is 0 Å². The largest absolute Gasteiger partial charge is 0.278 e. The first-order valence-corrected chi connectivity index (χ1v) is 12.9. The Labute approximate surface area is 191 Å². The zero-order chi connectivity index (χ0) is 22.9. The second-order valence-electron chi connectivity index (χ2n) is 7.86. The smallest absolute Gasteiger partial charge is 0.260 e. The van der Waals surface area contributed by atoms with Gasteiger partial charge < -0.3 is 0 Å². The third kappa shape index (κ3) is 4.56. The highest BCUT2D eigenvalue weighted by Crippen LogP contribution is 2.34. The maximum Gasteiger partial charge on any atom is 0.260 e. The fourth-order valence-corrected chi connectivity index (χ4v) is 5.10. The fourth-order valence-electron chi connectivity index (χ4n) is 3.44. The Bertz CT molecular complexity index is 1380. The molecule has 2 heterocycles. The van der Waals surface area contributed by atoms with Gasteiger partial charge in [0.25, 0.3) is 5.91 Å². The summed E-state index contributed by atoms with van der Waals surface area (Å²) in [5, 5.41) is 0.550. The molecule has 0 aliphatic rings. The van der Waals surface area contributed by atoms with Gasteiger partial charge in [0, 0.05) is 18.0 Å². The van der Waals surface area contributed by atoms with Gasteiger partial charge in [-0.05, 0) is 47.9 Å². The van der Waals surface area contributed by atoms with E-state index >= 15 is 0 Å². The molecule has 8 heteroatoms. The van der Waals surface area contributed by atoms with Crippen LogP contribution in [0, 0.1) is 0 Å². The Morgan fingerprint density at radius 1 is 1.06 bits per heavy atom. The lowest BCUT2D eigenvalue weighted by Gasteiger charge is -2.20. The van der Waals surface area contributed by atoms with E-state index in [9.17, 15) is 13.2 Å². The average molecular weight is 466 g/mol. The number of hydrogen-bond donors (Lipinski definition) is 0. The van der Waals surface area contributed by atoms with Gasteiger partial charge >= 0.3 is 0 Å². The number of carbonyl (C=O) groups is 1. The van der Waals surface area contributed by atoms with Crippen molar-refractivity contribution >= 4 is 42.4 Å². The lowest BCUT2D eigenvalue weighted by molar-refractivity contribution is 0.0984. The molecule has 0 atom stereocenters. The summed E-state index contributed by atoms with van der Waals surface area (Å²) in [7, 11) is -3.44. The highest BCUT2D eigenvalue weighted by molar-refractivity contribution is 7.90. The molecule has 0 unspecified atom stereocenters. The number of anilines is 1. The highest BCUT2D eigenvalue weighted by atomic mass is 32.2. The maximum absolute atomic E-state index is 13.6. The zero-order valence-corrected chi connectivity index (χ0v) is 19.7. The van der Waals surface area contributed by atoms with Crippen LogP contribution in [0.5, 0.6) is 0 Å². The van der Waals surface area contributed by atoms with Crippen LogP contribution in [0.25, 0.3) is 10.2 Å². The van der Waals surface area contributed by atoms with Gasteiger partial charge in [-0.2, -0.15) is 0 Å². The second kappa shape index (κ2) is 8.80. The molecule has 0 saturated heterocycles. The van der Waals surface area contributed by atoms with Crippen molar-refractivity contribution < 1.29 is 13.2 Å². The number of fused-ring (bicyclic) bond motifs is 1. The number of benzene rings is 2. The summed E-state index contributed by atoms with van der Waals surface area (Å²) in [5.41, 5.74) is 3.00. The molecular weight excluding hydrogens is 442 g/mol. The highest BCUT2D eigenvalue weighted by Gasteiger charge is 2.24. The molecule has 0 bridgehead atoms. The first-order valence-electron chi connectivity index (χ1n) is 10.2. The number of aromatic nitrogens is 2. The van der Waals surface area contributed by atoms with Crippen molar-refractivity contribution in [2.24, 2.45) is 0 Å². The van der Waals surface area contributed by atoms with Gasteiger partial charge in [0.2, 0.25) is 0 Å². The Morgan fingerprint density at radius 3 is 2.53 bits per heavy atom. The van der Waals surface area contributed by atoms with Crippen LogP contribution >= 0.6 is 11.3 Å². The molecule has 2 aromatic heterocycles. The Hall–Kier alpha value is -3.10. The van der Waals surface area contributed by atoms with E-state index in [0.29, 0.717) is 16.7 Å². The Kier molecular flexibility index (Phi) is 6.08. The van der Waals surface area contributed by atoms with Crippen molar-refractivity contribution in [3.63, 3.8) is 0 Å². The first kappa shape index (κ1) is 22.1. The van der Waals surface area contributed by atoms with Gasteiger partial charge in [-0.1, -0.05) is 49.4 Å². The quantitative estimate of drug-likeness (QED) is 0.397. The predicted octanol–water partition coefficient (Wildman–Crippen LogP) is 5.07. The van der Waals surface area contributed by atoms with Gasteiger partial charge in [0.05, 0.1) is 27.4 Å². The van der Waals surface area contributed by atoms with Crippen LogP contribution < -0.4 is 4.90 Å². The molecular formula is C24H23N3O3S2. The zero-order valence-electron chi connectivity index (χ0n) is 18.0. The van der Waals surface area contributed by atoms with Gasteiger partial charge in [-0.25, -0.2) is 13.4 Å². The van der Waals surface area contributed by atoms with Crippen LogP contribution in [0.15, 0.2) is 71.8 Å². The van der Waals surface area contributed by atoms with E-state index in [1.807, 2.05) is 30.3 Å². The van der Waals surface area contributed by atoms with E-state index in [-0.39, 0.29) is 22.9 Å². The fraction of sp³-hybridized carbons (Fsp3) is 0.208. The molecule has 1 amide bonds. The number of pyridine rings is 1. The van der Waals surface area contributed by atoms with Gasteiger partial charge in [0.1, 0.15) is 0 Å². The molecule has 0 fully saturated rings. The number of carbonyl (C=O) groups excluding carboxylic acids is 1. The third-order valence-electron chi connectivity index (χ3n) is 5.09. The topological polar surface area (TPSA) is 80.2 Å². The SMILES string of the molecule is CC(C)c1cccc2sc(N(Cc3ccccn3)C(=O)c3cccc(S(C)(=O)=O)c3)nc12. The summed E-state index contributed by atoms with van der Waals surface area (Å²) < 4.78 is 25.0. The van der Waals surface area contributed by atoms with Crippen molar-refractivity contribution in [2.75, 3.05) is 11.2 Å². The monoisotopic (exact) mass is 465 g/mol. The molecule has 0 spiro atoms. The van der Waals surface area contributed by atoms with Crippen molar-refractivity contribution in [1.29, 1.82) is 0 Å². The Morgan fingerprint density at radius 2 is 1.84 bits per heavy atom. The minimum absolute atomic E-state index is 0.104. The van der Waals surface area contributed by atoms with E-state index in [4.69, 9.17) is 4.98 Å². The molecule has 0 aliphatic heterocycles. The van der Waals surface area contributed by atoms with Crippen LogP contribution in [-0.2, 0) is 16.4 Å². The minimum atomic E-state index is -3.44. The molecule has 164 valence electrons. The van der Waals surface area contributed by atoms with E-state index in [0.717, 1.165) is 22.0 Å². The molecule has 2 aromatic carbocycles. The van der Waals surface area contributed by atoms with E-state index in [1.54, 1.807) is 23.2 Å². The molecule has 0 aliphatic carbocycles. The van der Waals surface area contributed by atoms with E-state index < -0.39 is 9.84 Å². The van der Waals surface area contributed by atoms with Crippen molar-refractivity contribution in [1.82, 2.24) is 9.97 Å². The minimum Gasteiger partial charge on any atom is -0.278 e. The van der Waals surface area contributed by atoms with Crippen LogP contribution in [0.1, 0.15) is 41.4 Å². The summed E-state index contributed by atoms with van der Waals surface area (Å²) >= 11 is 1.44. The first-order chi connectivity index (χ1) is 15.2. The second-order valence-corrected chi connectivity index (χ2v) is 10.9. The molecule has 32 heavy (non-hydrogen) atoms. The molecule has 0 saturated carbocycles. The number of rotatable bonds is 6. The normalized spacial score (nSPS) is 11.8. The van der Waals surface area contributed by atoms with Crippen molar-refractivity contribution in [2.45, 2.75) is 31.2 Å². The molecule has 4 rings (SSSR count). The number of hydrogen-bond acceptors (Lipinski definition) is 6. The number of thiazole rings is 1. The van der Waals surface area contributed by atoms with Crippen LogP contribution in [-0.4, -0.2) is 30.5 Å². The number of sulfone groups is 1. The van der Waals surface area contributed by atoms with Crippen LogP contribution in [0.3, 0.4) is 0 Å². The lowest BCUT2D eigenvalue weighted by atomic mass is 10.0. The summed E-state index contributed by atoms with van der Waals surface area (Å²) in [6.45, 7) is 4.45. The number of para-hydroxylation sites is 1. The summed E-state index contributed by atoms with van der Waals surface area (Å²) in [6, 6.07) is 17.7. The van der Waals surface area contributed by atoms with Gasteiger partial charge in [-0.15, -0.1) is 0 Å². The summed E-state index contributed by atoms with van der Waals surface area (Å²) in [5.74, 6) is -0.0358. The molecule has 4 aromatic rings.